The first-order chi connectivity index (χ1) is 17.4. The number of ether oxygens (including phenoxy) is 5. The van der Waals surface area contributed by atoms with Gasteiger partial charge in [0.2, 0.25) is 0 Å². The van der Waals surface area contributed by atoms with Crippen LogP contribution in [0.1, 0.15) is 35.3 Å². The highest BCUT2D eigenvalue weighted by Gasteiger charge is 2.37. The highest BCUT2D eigenvalue weighted by atomic mass is 16.5. The highest BCUT2D eigenvalue weighted by Crippen LogP contribution is 2.48. The van der Waals surface area contributed by atoms with E-state index in [0.717, 1.165) is 11.3 Å². The van der Waals surface area contributed by atoms with E-state index in [1.165, 1.54) is 0 Å². The molecule has 8 heteroatoms. The lowest BCUT2D eigenvalue weighted by atomic mass is 9.90. The molecule has 0 bridgehead atoms. The molecule has 36 heavy (non-hydrogen) atoms. The summed E-state index contributed by atoms with van der Waals surface area (Å²) in [4.78, 5) is 15.6. The number of hydrogen-bond donors (Lipinski definition) is 1. The van der Waals surface area contributed by atoms with Gasteiger partial charge in [-0.05, 0) is 55.8 Å². The van der Waals surface area contributed by atoms with E-state index in [4.69, 9.17) is 23.7 Å². The van der Waals surface area contributed by atoms with Crippen LogP contribution in [0.5, 0.6) is 28.7 Å². The number of methoxy groups -OCH3 is 5. The molecule has 8 nitrogen and oxygen atoms in total. The summed E-state index contributed by atoms with van der Waals surface area (Å²) in [6.45, 7) is 2.04. The van der Waals surface area contributed by atoms with Crippen molar-refractivity contribution >= 4 is 17.3 Å². The van der Waals surface area contributed by atoms with Crippen molar-refractivity contribution in [3.8, 4) is 28.7 Å². The molecule has 0 aliphatic carbocycles. The van der Waals surface area contributed by atoms with Crippen molar-refractivity contribution in [3.63, 3.8) is 0 Å². The number of anilines is 2. The molecule has 1 amide bonds. The zero-order chi connectivity index (χ0) is 25.8. The minimum Gasteiger partial charge on any atom is -0.497 e. The van der Waals surface area contributed by atoms with Crippen LogP contribution in [0, 0.1) is 0 Å². The van der Waals surface area contributed by atoms with Gasteiger partial charge in [-0.25, -0.2) is 0 Å². The third kappa shape index (κ3) is 4.71. The van der Waals surface area contributed by atoms with Crippen LogP contribution < -0.4 is 33.9 Å². The standard InChI is InChI=1S/C28H32N2O6/c1-17-13-24(29-23-12-11-20(33-3)15-25(23)35-5)22-14-21(34-4)16-26(36-6)27(22)30(17)28(31)18-7-9-19(32-2)10-8-18/h7-12,14-17,24,29H,13H2,1-6H3/t17-,24-/m0/s1. The first-order valence-corrected chi connectivity index (χ1v) is 11.7. The molecule has 0 radical (unpaired) electrons. The molecule has 3 aromatic carbocycles. The minimum absolute atomic E-state index is 0.115. The van der Waals surface area contributed by atoms with E-state index in [0.29, 0.717) is 46.4 Å². The third-order valence-corrected chi connectivity index (χ3v) is 6.46. The lowest BCUT2D eigenvalue weighted by molar-refractivity contribution is 0.0973. The van der Waals surface area contributed by atoms with E-state index >= 15 is 0 Å². The summed E-state index contributed by atoms with van der Waals surface area (Å²) < 4.78 is 27.5. The van der Waals surface area contributed by atoms with Gasteiger partial charge in [0.15, 0.2) is 0 Å². The number of nitrogens with one attached hydrogen (secondary N) is 1. The van der Waals surface area contributed by atoms with Gasteiger partial charge >= 0.3 is 0 Å². The van der Waals surface area contributed by atoms with Gasteiger partial charge < -0.3 is 33.9 Å². The molecule has 0 aromatic heterocycles. The van der Waals surface area contributed by atoms with Gasteiger partial charge in [-0.15, -0.1) is 0 Å². The Hall–Kier alpha value is -4.07. The van der Waals surface area contributed by atoms with Crippen LogP contribution in [0.2, 0.25) is 0 Å². The molecule has 3 aromatic rings. The topological polar surface area (TPSA) is 78.5 Å². The number of amides is 1. The molecule has 0 unspecified atom stereocenters. The van der Waals surface area contributed by atoms with Crippen LogP contribution in [0.4, 0.5) is 11.4 Å². The molecular weight excluding hydrogens is 460 g/mol. The number of carbonyl (C=O) groups excluding carboxylic acids is 1. The Labute approximate surface area is 211 Å². The summed E-state index contributed by atoms with van der Waals surface area (Å²) >= 11 is 0. The van der Waals surface area contributed by atoms with Crippen molar-refractivity contribution in [1.82, 2.24) is 0 Å². The Morgan fingerprint density at radius 2 is 1.39 bits per heavy atom. The minimum atomic E-state index is -0.138. The summed E-state index contributed by atoms with van der Waals surface area (Å²) in [6.07, 6.45) is 0.653. The van der Waals surface area contributed by atoms with Crippen molar-refractivity contribution in [2.24, 2.45) is 0 Å². The van der Waals surface area contributed by atoms with E-state index in [1.807, 2.05) is 31.2 Å². The summed E-state index contributed by atoms with van der Waals surface area (Å²) in [5, 5.41) is 3.61. The fourth-order valence-electron chi connectivity index (χ4n) is 4.61. The molecule has 0 saturated heterocycles. The van der Waals surface area contributed by atoms with Crippen LogP contribution >= 0.6 is 0 Å². The van der Waals surface area contributed by atoms with E-state index in [9.17, 15) is 4.79 Å². The second-order valence-electron chi connectivity index (χ2n) is 8.52. The Bertz CT molecular complexity index is 1230. The fraction of sp³-hybridized carbons (Fsp3) is 0.321. The third-order valence-electron chi connectivity index (χ3n) is 6.46. The van der Waals surface area contributed by atoms with Gasteiger partial charge in [-0.2, -0.15) is 0 Å². The molecule has 1 aliphatic rings. The molecule has 0 fully saturated rings. The van der Waals surface area contributed by atoms with Gasteiger partial charge in [0.25, 0.3) is 5.91 Å². The van der Waals surface area contributed by atoms with E-state index in [1.54, 1.807) is 70.8 Å². The highest BCUT2D eigenvalue weighted by molar-refractivity contribution is 6.08. The maximum Gasteiger partial charge on any atom is 0.258 e. The van der Waals surface area contributed by atoms with E-state index in [-0.39, 0.29) is 18.0 Å². The lowest BCUT2D eigenvalue weighted by Gasteiger charge is -2.41. The second kappa shape index (κ2) is 10.7. The molecular formula is C28H32N2O6. The van der Waals surface area contributed by atoms with Crippen LogP contribution in [-0.4, -0.2) is 47.5 Å². The number of rotatable bonds is 8. The summed E-state index contributed by atoms with van der Waals surface area (Å²) in [5.74, 6) is 3.15. The molecule has 0 spiro atoms. The maximum absolute atomic E-state index is 13.8. The molecule has 1 N–H and O–H groups in total. The van der Waals surface area contributed by atoms with Crippen molar-refractivity contribution in [2.75, 3.05) is 45.8 Å². The second-order valence-corrected chi connectivity index (χ2v) is 8.52. The van der Waals surface area contributed by atoms with Gasteiger partial charge in [0.05, 0.1) is 53.0 Å². The molecule has 0 saturated carbocycles. The van der Waals surface area contributed by atoms with Crippen molar-refractivity contribution in [2.45, 2.75) is 25.4 Å². The van der Waals surface area contributed by atoms with Crippen LogP contribution in [-0.2, 0) is 0 Å². The smallest absolute Gasteiger partial charge is 0.258 e. The molecule has 2 atom stereocenters. The lowest BCUT2D eigenvalue weighted by Crippen LogP contribution is -2.44. The van der Waals surface area contributed by atoms with E-state index in [2.05, 4.69) is 5.32 Å². The molecule has 190 valence electrons. The van der Waals surface area contributed by atoms with Gasteiger partial charge in [-0.3, -0.25) is 4.79 Å². The zero-order valence-corrected chi connectivity index (χ0v) is 21.5. The SMILES string of the molecule is COc1ccc(C(=O)N2c3c(OC)cc(OC)cc3[C@@H](Nc3ccc(OC)cc3OC)C[C@@H]2C)cc1. The quantitative estimate of drug-likeness (QED) is 0.456. The largest absolute Gasteiger partial charge is 0.497 e. The normalized spacial score (nSPS) is 16.6. The molecule has 4 rings (SSSR count). The average molecular weight is 493 g/mol. The Balaban J connectivity index is 1.79. The number of nitrogens with zero attached hydrogens (tertiary/aromatic N) is 1. The summed E-state index contributed by atoms with van der Waals surface area (Å²) in [6, 6.07) is 16.2. The first kappa shape index (κ1) is 25.0. The summed E-state index contributed by atoms with van der Waals surface area (Å²) in [5.41, 5.74) is 2.99. The molecule has 1 aliphatic heterocycles. The maximum atomic E-state index is 13.8. The predicted molar refractivity (Wildman–Crippen MR) is 139 cm³/mol. The average Bonchev–Trinajstić information content (AvgIpc) is 2.92. The Kier molecular flexibility index (Phi) is 7.43. The van der Waals surface area contributed by atoms with Crippen LogP contribution in [0.15, 0.2) is 54.6 Å². The monoisotopic (exact) mass is 492 g/mol. The fourth-order valence-corrected chi connectivity index (χ4v) is 4.61. The number of fused-ring (bicyclic) bond motifs is 1. The van der Waals surface area contributed by atoms with Crippen molar-refractivity contribution < 1.29 is 28.5 Å². The van der Waals surface area contributed by atoms with E-state index < -0.39 is 0 Å². The van der Waals surface area contributed by atoms with Gasteiger partial charge in [-0.1, -0.05) is 0 Å². The Morgan fingerprint density at radius 1 is 0.778 bits per heavy atom. The zero-order valence-electron chi connectivity index (χ0n) is 21.5. The van der Waals surface area contributed by atoms with Gasteiger partial charge in [0.1, 0.15) is 28.7 Å². The van der Waals surface area contributed by atoms with Crippen LogP contribution in [0.3, 0.4) is 0 Å². The predicted octanol–water partition coefficient (Wildman–Crippen LogP) is 5.32. The van der Waals surface area contributed by atoms with Gasteiger partial charge in [0, 0.05) is 29.3 Å². The number of carbonyl (C=O) groups is 1. The number of hydrogen-bond acceptors (Lipinski definition) is 7. The van der Waals surface area contributed by atoms with Crippen molar-refractivity contribution in [1.29, 1.82) is 0 Å². The first-order valence-electron chi connectivity index (χ1n) is 11.7. The molecule has 1 heterocycles. The van der Waals surface area contributed by atoms with Crippen LogP contribution in [0.25, 0.3) is 0 Å². The Morgan fingerprint density at radius 3 is 2.00 bits per heavy atom. The summed E-state index contributed by atoms with van der Waals surface area (Å²) in [7, 11) is 8.05. The number of benzene rings is 3. The van der Waals surface area contributed by atoms with Crippen molar-refractivity contribution in [3.05, 3.63) is 65.7 Å².